The minimum absolute atomic E-state index is 0. The molecule has 1 aliphatic heterocycles. The van der Waals surface area contributed by atoms with Crippen molar-refractivity contribution < 1.29 is 9.47 Å². The maximum absolute atomic E-state index is 5.63. The quantitative estimate of drug-likeness (QED) is 0.213. The van der Waals surface area contributed by atoms with Crippen LogP contribution in [0.15, 0.2) is 17.1 Å². The van der Waals surface area contributed by atoms with Gasteiger partial charge in [0.05, 0.1) is 19.3 Å². The molecular formula is C20H37IN4O2S. The average molecular weight is 525 g/mol. The summed E-state index contributed by atoms with van der Waals surface area (Å²) in [6.45, 7) is 13.4. The van der Waals surface area contributed by atoms with Gasteiger partial charge in [0, 0.05) is 56.2 Å². The molecule has 162 valence electrons. The Kier molecular flexibility index (Phi) is 13.3. The molecular weight excluding hydrogens is 487 g/mol. The summed E-state index contributed by atoms with van der Waals surface area (Å²) in [5.41, 5.74) is 0. The highest BCUT2D eigenvalue weighted by molar-refractivity contribution is 14.0. The van der Waals surface area contributed by atoms with Crippen molar-refractivity contribution in [3.8, 4) is 0 Å². The Balaban J connectivity index is 0.00000392. The highest BCUT2D eigenvalue weighted by atomic mass is 127. The predicted molar refractivity (Wildman–Crippen MR) is 129 cm³/mol. The number of halogens is 1. The SMILES string of the molecule is CN=C(NCCCOCC(C)C)NCC(c1ccc(C)s1)N1CCOCC1.I. The van der Waals surface area contributed by atoms with Gasteiger partial charge in [-0.05, 0) is 31.4 Å². The van der Waals surface area contributed by atoms with E-state index in [-0.39, 0.29) is 24.0 Å². The van der Waals surface area contributed by atoms with Gasteiger partial charge in [-0.25, -0.2) is 0 Å². The summed E-state index contributed by atoms with van der Waals surface area (Å²) in [4.78, 5) is 9.63. The molecule has 0 spiro atoms. The predicted octanol–water partition coefficient (Wildman–Crippen LogP) is 3.28. The fourth-order valence-corrected chi connectivity index (χ4v) is 4.06. The van der Waals surface area contributed by atoms with E-state index in [1.54, 1.807) is 0 Å². The number of hydrogen-bond acceptors (Lipinski definition) is 5. The number of nitrogens with zero attached hydrogens (tertiary/aromatic N) is 2. The molecule has 1 saturated heterocycles. The molecule has 2 heterocycles. The Labute approximate surface area is 191 Å². The molecule has 6 nitrogen and oxygen atoms in total. The molecule has 28 heavy (non-hydrogen) atoms. The minimum Gasteiger partial charge on any atom is -0.381 e. The van der Waals surface area contributed by atoms with Crippen LogP contribution in [-0.2, 0) is 9.47 Å². The topological polar surface area (TPSA) is 58.1 Å². The molecule has 8 heteroatoms. The summed E-state index contributed by atoms with van der Waals surface area (Å²) in [5.74, 6) is 1.44. The highest BCUT2D eigenvalue weighted by Crippen LogP contribution is 2.27. The number of aliphatic imine (C=N–C) groups is 1. The summed E-state index contributed by atoms with van der Waals surface area (Å²) in [6, 6.07) is 4.81. The summed E-state index contributed by atoms with van der Waals surface area (Å²) in [7, 11) is 1.82. The van der Waals surface area contributed by atoms with Crippen molar-refractivity contribution in [1.29, 1.82) is 0 Å². The van der Waals surface area contributed by atoms with Crippen molar-refractivity contribution in [1.82, 2.24) is 15.5 Å². The van der Waals surface area contributed by atoms with E-state index >= 15 is 0 Å². The molecule has 1 atom stereocenters. The molecule has 2 N–H and O–H groups in total. The normalized spacial score (nSPS) is 16.7. The van der Waals surface area contributed by atoms with Gasteiger partial charge in [0.2, 0.25) is 0 Å². The zero-order chi connectivity index (χ0) is 19.5. The van der Waals surface area contributed by atoms with Crippen LogP contribution < -0.4 is 10.6 Å². The molecule has 0 radical (unpaired) electrons. The zero-order valence-electron chi connectivity index (χ0n) is 17.7. The van der Waals surface area contributed by atoms with Gasteiger partial charge in [-0.2, -0.15) is 0 Å². The fourth-order valence-electron chi connectivity index (χ4n) is 3.05. The van der Waals surface area contributed by atoms with Gasteiger partial charge < -0.3 is 20.1 Å². The van der Waals surface area contributed by atoms with Gasteiger partial charge in [-0.1, -0.05) is 13.8 Å². The van der Waals surface area contributed by atoms with Crippen LogP contribution in [0.1, 0.15) is 36.1 Å². The van der Waals surface area contributed by atoms with Crippen LogP contribution in [0.3, 0.4) is 0 Å². The third-order valence-corrected chi connectivity index (χ3v) is 5.57. The number of rotatable bonds is 10. The van der Waals surface area contributed by atoms with Crippen LogP contribution in [0.4, 0.5) is 0 Å². The maximum atomic E-state index is 5.63. The second-order valence-electron chi connectivity index (χ2n) is 7.31. The van der Waals surface area contributed by atoms with E-state index in [1.165, 1.54) is 9.75 Å². The van der Waals surface area contributed by atoms with Gasteiger partial charge in [0.15, 0.2) is 5.96 Å². The van der Waals surface area contributed by atoms with Crippen molar-refractivity contribution in [3.63, 3.8) is 0 Å². The number of nitrogens with one attached hydrogen (secondary N) is 2. The van der Waals surface area contributed by atoms with Crippen LogP contribution in [0.5, 0.6) is 0 Å². The Morgan fingerprint density at radius 2 is 2.04 bits per heavy atom. The number of hydrogen-bond donors (Lipinski definition) is 2. The van der Waals surface area contributed by atoms with E-state index in [4.69, 9.17) is 9.47 Å². The third-order valence-electron chi connectivity index (χ3n) is 4.47. The minimum atomic E-state index is 0. The largest absolute Gasteiger partial charge is 0.381 e. The molecule has 0 aromatic carbocycles. The van der Waals surface area contributed by atoms with E-state index in [0.717, 1.165) is 65.0 Å². The first-order chi connectivity index (χ1) is 13.1. The molecule has 0 bridgehead atoms. The second kappa shape index (κ2) is 14.5. The maximum Gasteiger partial charge on any atom is 0.191 e. The highest BCUT2D eigenvalue weighted by Gasteiger charge is 2.24. The van der Waals surface area contributed by atoms with E-state index < -0.39 is 0 Å². The Bertz CT molecular complexity index is 562. The third kappa shape index (κ3) is 9.39. The van der Waals surface area contributed by atoms with E-state index in [0.29, 0.717) is 12.0 Å². The Morgan fingerprint density at radius 1 is 1.29 bits per heavy atom. The second-order valence-corrected chi connectivity index (χ2v) is 8.63. The lowest BCUT2D eigenvalue weighted by Crippen LogP contribution is -2.46. The van der Waals surface area contributed by atoms with E-state index in [2.05, 4.69) is 53.4 Å². The van der Waals surface area contributed by atoms with Gasteiger partial charge in [-0.3, -0.25) is 9.89 Å². The standard InChI is InChI=1S/C20H36N4O2S.HI/c1-16(2)15-26-11-5-8-22-20(21-4)23-14-18(19-7-6-17(3)27-19)24-9-12-25-13-10-24;/h6-7,16,18H,5,8-15H2,1-4H3,(H2,21,22,23);1H. The lowest BCUT2D eigenvalue weighted by atomic mass is 10.2. The molecule has 1 fully saturated rings. The first kappa shape index (κ1) is 25.6. The van der Waals surface area contributed by atoms with Crippen LogP contribution in [0.25, 0.3) is 0 Å². The number of guanidine groups is 1. The van der Waals surface area contributed by atoms with Crippen molar-refractivity contribution in [2.24, 2.45) is 10.9 Å². The van der Waals surface area contributed by atoms with E-state index in [1.807, 2.05) is 18.4 Å². The Morgan fingerprint density at radius 3 is 2.64 bits per heavy atom. The van der Waals surface area contributed by atoms with Gasteiger partial charge in [0.1, 0.15) is 0 Å². The smallest absolute Gasteiger partial charge is 0.191 e. The summed E-state index contributed by atoms with van der Waals surface area (Å²) in [6.07, 6.45) is 0.977. The molecule has 0 aliphatic carbocycles. The van der Waals surface area contributed by atoms with Crippen molar-refractivity contribution >= 4 is 41.3 Å². The lowest BCUT2D eigenvalue weighted by Gasteiger charge is -2.34. The first-order valence-corrected chi connectivity index (χ1v) is 10.8. The zero-order valence-corrected chi connectivity index (χ0v) is 20.8. The van der Waals surface area contributed by atoms with Crippen LogP contribution >= 0.6 is 35.3 Å². The van der Waals surface area contributed by atoms with Crippen LogP contribution in [0.2, 0.25) is 0 Å². The van der Waals surface area contributed by atoms with Crippen molar-refractivity contribution in [2.75, 3.05) is 59.7 Å². The van der Waals surface area contributed by atoms with E-state index in [9.17, 15) is 0 Å². The summed E-state index contributed by atoms with van der Waals surface area (Å²) in [5, 5.41) is 6.90. The Hall–Kier alpha value is -0.420. The average Bonchev–Trinajstić information content (AvgIpc) is 3.09. The molecule has 1 aliphatic rings. The molecule has 1 aromatic rings. The first-order valence-electron chi connectivity index (χ1n) is 10.0. The molecule has 2 rings (SSSR count). The van der Waals surface area contributed by atoms with Crippen molar-refractivity contribution in [3.05, 3.63) is 21.9 Å². The van der Waals surface area contributed by atoms with Gasteiger partial charge >= 0.3 is 0 Å². The van der Waals surface area contributed by atoms with Gasteiger partial charge in [-0.15, -0.1) is 35.3 Å². The number of thiophene rings is 1. The van der Waals surface area contributed by atoms with Gasteiger partial charge in [0.25, 0.3) is 0 Å². The van der Waals surface area contributed by atoms with Crippen LogP contribution in [0, 0.1) is 12.8 Å². The molecule has 0 saturated carbocycles. The van der Waals surface area contributed by atoms with Crippen LogP contribution in [-0.4, -0.2) is 70.5 Å². The number of morpholine rings is 1. The monoisotopic (exact) mass is 524 g/mol. The molecule has 0 amide bonds. The molecule has 1 aromatic heterocycles. The summed E-state index contributed by atoms with van der Waals surface area (Å²) >= 11 is 1.88. The lowest BCUT2D eigenvalue weighted by molar-refractivity contribution is 0.0177. The van der Waals surface area contributed by atoms with Crippen molar-refractivity contribution in [2.45, 2.75) is 33.2 Å². The molecule has 1 unspecified atom stereocenters. The number of aryl methyl sites for hydroxylation is 1. The number of ether oxygens (including phenoxy) is 2. The fraction of sp³-hybridized carbons (Fsp3) is 0.750. The summed E-state index contributed by atoms with van der Waals surface area (Å²) < 4.78 is 11.2.